The molecule has 2 aromatic carbocycles. The van der Waals surface area contributed by atoms with Crippen LogP contribution in [0.15, 0.2) is 77.4 Å². The van der Waals surface area contributed by atoms with Crippen LogP contribution in [-0.2, 0) is 0 Å². The number of aryl methyl sites for hydroxylation is 1. The Bertz CT molecular complexity index is 1390. The number of hydrogen-bond acceptors (Lipinski definition) is 7. The second-order valence-corrected chi connectivity index (χ2v) is 7.47. The Labute approximate surface area is 189 Å². The first-order chi connectivity index (χ1) is 16.2. The van der Waals surface area contributed by atoms with Crippen LogP contribution >= 0.6 is 0 Å². The topological polar surface area (TPSA) is 111 Å². The van der Waals surface area contributed by atoms with Crippen LogP contribution in [0.2, 0.25) is 0 Å². The summed E-state index contributed by atoms with van der Waals surface area (Å²) in [5, 5.41) is 23.6. The number of fused-ring (bicyclic) bond motifs is 1. The van der Waals surface area contributed by atoms with Crippen LogP contribution in [0.3, 0.4) is 0 Å². The van der Waals surface area contributed by atoms with Gasteiger partial charge in [-0.05, 0) is 43.3 Å². The molecule has 2 N–H and O–H groups in total. The van der Waals surface area contributed by atoms with Crippen LogP contribution < -0.4 is 10.6 Å². The van der Waals surface area contributed by atoms with Crippen LogP contribution in [0.4, 0.5) is 5.82 Å². The fourth-order valence-corrected chi connectivity index (χ4v) is 3.43. The number of amides is 1. The molecule has 5 rings (SSSR count). The zero-order chi connectivity index (χ0) is 22.6. The third kappa shape index (κ3) is 4.42. The smallest absolute Gasteiger partial charge is 0.251 e. The highest BCUT2D eigenvalue weighted by Crippen LogP contribution is 2.29. The van der Waals surface area contributed by atoms with Crippen LogP contribution in [0.25, 0.3) is 28.0 Å². The average Bonchev–Trinajstić information content (AvgIpc) is 3.48. The van der Waals surface area contributed by atoms with E-state index in [2.05, 4.69) is 31.1 Å². The zero-order valence-corrected chi connectivity index (χ0v) is 17.9. The standard InChI is InChI=1S/C24H21N7O2/c1-16-11-14-31(29-16)22-10-9-21(27-28-22)25-12-13-26-24(32)18-7-8-20-19(15-18)23(33-30-20)17-5-3-2-4-6-17/h2-11,14-15H,12-13H2,1H3,(H,25,27)(H,26,32). The minimum Gasteiger partial charge on any atom is -0.367 e. The SMILES string of the molecule is Cc1ccn(-c2ccc(NCCNC(=O)c3ccc4noc(-c5ccccc5)c4c3)nn2)n1. The van der Waals surface area contributed by atoms with E-state index in [-0.39, 0.29) is 5.91 Å². The molecule has 9 nitrogen and oxygen atoms in total. The van der Waals surface area contributed by atoms with Gasteiger partial charge in [-0.15, -0.1) is 10.2 Å². The maximum absolute atomic E-state index is 12.6. The summed E-state index contributed by atoms with van der Waals surface area (Å²) in [6, 6.07) is 20.6. The molecule has 0 aliphatic heterocycles. The Hall–Kier alpha value is -4.53. The van der Waals surface area contributed by atoms with Gasteiger partial charge in [0.2, 0.25) is 0 Å². The molecule has 0 aliphatic carbocycles. The van der Waals surface area contributed by atoms with Crippen molar-refractivity contribution in [3.8, 4) is 17.1 Å². The third-order valence-electron chi connectivity index (χ3n) is 5.10. The largest absolute Gasteiger partial charge is 0.367 e. The van der Waals surface area contributed by atoms with E-state index in [1.165, 1.54) is 0 Å². The average molecular weight is 439 g/mol. The Morgan fingerprint density at radius 1 is 1.00 bits per heavy atom. The van der Waals surface area contributed by atoms with Crippen molar-refractivity contribution >= 4 is 22.6 Å². The van der Waals surface area contributed by atoms with Gasteiger partial charge in [0.15, 0.2) is 11.6 Å². The van der Waals surface area contributed by atoms with Gasteiger partial charge in [-0.2, -0.15) is 5.10 Å². The minimum atomic E-state index is -0.172. The molecule has 3 aromatic heterocycles. The Balaban J connectivity index is 1.18. The third-order valence-corrected chi connectivity index (χ3v) is 5.10. The van der Waals surface area contributed by atoms with Crippen molar-refractivity contribution in [3.05, 3.63) is 84.2 Å². The van der Waals surface area contributed by atoms with Gasteiger partial charge in [0.25, 0.3) is 5.91 Å². The number of nitrogens with zero attached hydrogens (tertiary/aromatic N) is 5. The number of carbonyl (C=O) groups excluding carboxylic acids is 1. The van der Waals surface area contributed by atoms with E-state index in [0.717, 1.165) is 16.6 Å². The number of hydrogen-bond donors (Lipinski definition) is 2. The van der Waals surface area contributed by atoms with Crippen LogP contribution in [0.5, 0.6) is 0 Å². The summed E-state index contributed by atoms with van der Waals surface area (Å²) in [7, 11) is 0. The summed E-state index contributed by atoms with van der Waals surface area (Å²) >= 11 is 0. The zero-order valence-electron chi connectivity index (χ0n) is 17.9. The molecule has 1 amide bonds. The van der Waals surface area contributed by atoms with Crippen molar-refractivity contribution in [2.75, 3.05) is 18.4 Å². The number of anilines is 1. The first kappa shape index (κ1) is 20.4. The molecule has 5 aromatic rings. The van der Waals surface area contributed by atoms with E-state index in [1.807, 2.05) is 61.7 Å². The van der Waals surface area contributed by atoms with Gasteiger partial charge in [-0.3, -0.25) is 4.79 Å². The van der Waals surface area contributed by atoms with E-state index in [4.69, 9.17) is 4.52 Å². The number of carbonyl (C=O) groups is 1. The Morgan fingerprint density at radius 3 is 2.64 bits per heavy atom. The van der Waals surface area contributed by atoms with Crippen molar-refractivity contribution < 1.29 is 9.32 Å². The molecule has 3 heterocycles. The van der Waals surface area contributed by atoms with Crippen molar-refractivity contribution in [2.45, 2.75) is 6.92 Å². The summed E-state index contributed by atoms with van der Waals surface area (Å²) in [4.78, 5) is 12.6. The number of aromatic nitrogens is 5. The molecule has 0 aliphatic rings. The van der Waals surface area contributed by atoms with Gasteiger partial charge in [0.1, 0.15) is 11.3 Å². The predicted octanol–water partition coefficient (Wildman–Crippen LogP) is 3.62. The molecule has 0 radical (unpaired) electrons. The lowest BCUT2D eigenvalue weighted by Crippen LogP contribution is -2.28. The number of rotatable bonds is 7. The molecule has 164 valence electrons. The fourth-order valence-electron chi connectivity index (χ4n) is 3.43. The van der Waals surface area contributed by atoms with E-state index in [0.29, 0.717) is 41.6 Å². The molecule has 0 spiro atoms. The van der Waals surface area contributed by atoms with Gasteiger partial charge in [0.05, 0.1) is 11.1 Å². The molecule has 33 heavy (non-hydrogen) atoms. The van der Waals surface area contributed by atoms with Crippen LogP contribution in [0.1, 0.15) is 16.1 Å². The summed E-state index contributed by atoms with van der Waals surface area (Å²) in [5.74, 6) is 1.74. The van der Waals surface area contributed by atoms with Gasteiger partial charge < -0.3 is 15.2 Å². The summed E-state index contributed by atoms with van der Waals surface area (Å²) in [6.45, 7) is 2.85. The van der Waals surface area contributed by atoms with Crippen LogP contribution in [-0.4, -0.2) is 44.1 Å². The molecular formula is C24H21N7O2. The molecular weight excluding hydrogens is 418 g/mol. The number of benzene rings is 2. The van der Waals surface area contributed by atoms with Gasteiger partial charge >= 0.3 is 0 Å². The Morgan fingerprint density at radius 2 is 1.88 bits per heavy atom. The highest BCUT2D eigenvalue weighted by molar-refractivity contribution is 6.00. The lowest BCUT2D eigenvalue weighted by atomic mass is 10.1. The van der Waals surface area contributed by atoms with Crippen molar-refractivity contribution in [1.29, 1.82) is 0 Å². The highest BCUT2D eigenvalue weighted by Gasteiger charge is 2.13. The molecule has 0 fully saturated rings. The first-order valence-electron chi connectivity index (χ1n) is 10.5. The highest BCUT2D eigenvalue weighted by atomic mass is 16.5. The predicted molar refractivity (Wildman–Crippen MR) is 124 cm³/mol. The fraction of sp³-hybridized carbons (Fsp3) is 0.125. The van der Waals surface area contributed by atoms with E-state index in [1.54, 1.807) is 22.9 Å². The quantitative estimate of drug-likeness (QED) is 0.373. The minimum absolute atomic E-state index is 0.172. The molecule has 0 bridgehead atoms. The van der Waals surface area contributed by atoms with Gasteiger partial charge in [-0.1, -0.05) is 35.5 Å². The Kier molecular flexibility index (Phi) is 5.50. The maximum Gasteiger partial charge on any atom is 0.251 e. The maximum atomic E-state index is 12.6. The second-order valence-electron chi connectivity index (χ2n) is 7.47. The molecule has 0 saturated heterocycles. The lowest BCUT2D eigenvalue weighted by Gasteiger charge is -2.08. The molecule has 0 unspecified atom stereocenters. The summed E-state index contributed by atoms with van der Waals surface area (Å²) in [6.07, 6.45) is 1.84. The van der Waals surface area contributed by atoms with E-state index < -0.39 is 0 Å². The van der Waals surface area contributed by atoms with Crippen molar-refractivity contribution in [2.24, 2.45) is 0 Å². The first-order valence-corrected chi connectivity index (χ1v) is 10.5. The normalized spacial score (nSPS) is 10.9. The monoisotopic (exact) mass is 439 g/mol. The van der Waals surface area contributed by atoms with Gasteiger partial charge in [-0.25, -0.2) is 4.68 Å². The van der Waals surface area contributed by atoms with E-state index >= 15 is 0 Å². The number of nitrogens with one attached hydrogen (secondary N) is 2. The molecule has 9 heteroatoms. The summed E-state index contributed by atoms with van der Waals surface area (Å²) in [5.41, 5.74) is 3.08. The van der Waals surface area contributed by atoms with Gasteiger partial charge in [0, 0.05) is 30.4 Å². The van der Waals surface area contributed by atoms with Crippen molar-refractivity contribution in [3.63, 3.8) is 0 Å². The second kappa shape index (κ2) is 8.91. The molecule has 0 saturated carbocycles. The summed E-state index contributed by atoms with van der Waals surface area (Å²) < 4.78 is 7.18. The molecule has 0 atom stereocenters. The lowest BCUT2D eigenvalue weighted by molar-refractivity contribution is 0.0955. The van der Waals surface area contributed by atoms with Crippen LogP contribution in [0, 0.1) is 6.92 Å². The van der Waals surface area contributed by atoms with Crippen molar-refractivity contribution in [1.82, 2.24) is 30.5 Å². The van der Waals surface area contributed by atoms with E-state index in [9.17, 15) is 4.79 Å².